The number of hydrogen-bond donors (Lipinski definition) is 1. The monoisotopic (exact) mass is 434 g/mol. The summed E-state index contributed by atoms with van der Waals surface area (Å²) in [5.74, 6) is 0.275. The highest BCUT2D eigenvalue weighted by Crippen LogP contribution is 2.25. The number of nitrogens with one attached hydrogen (secondary N) is 1. The summed E-state index contributed by atoms with van der Waals surface area (Å²) in [6, 6.07) is 5.49. The minimum Gasteiger partial charge on any atom is -0.462 e. The first kappa shape index (κ1) is 21.2. The zero-order valence-corrected chi connectivity index (χ0v) is 17.8. The number of carbonyl (C=O) groups excluding carboxylic acids is 2. The molecule has 0 unspecified atom stereocenters. The van der Waals surface area contributed by atoms with Crippen molar-refractivity contribution in [2.75, 3.05) is 25.0 Å². The van der Waals surface area contributed by atoms with E-state index < -0.39 is 5.97 Å². The molecule has 0 saturated carbocycles. The Bertz CT molecular complexity index is 936. The van der Waals surface area contributed by atoms with Crippen LogP contribution in [0.5, 0.6) is 0 Å². The van der Waals surface area contributed by atoms with Crippen molar-refractivity contribution in [3.8, 4) is 10.8 Å². The van der Waals surface area contributed by atoms with Gasteiger partial charge < -0.3 is 14.5 Å². The van der Waals surface area contributed by atoms with Gasteiger partial charge >= 0.3 is 5.97 Å². The molecule has 154 valence electrons. The number of amides is 1. The summed E-state index contributed by atoms with van der Waals surface area (Å²) in [5, 5.41) is 15.2. The zero-order valence-electron chi connectivity index (χ0n) is 16.2. The van der Waals surface area contributed by atoms with Gasteiger partial charge in [0.05, 0.1) is 30.1 Å². The highest BCUT2D eigenvalue weighted by Gasteiger charge is 2.19. The molecule has 0 aliphatic heterocycles. The Morgan fingerprint density at radius 1 is 1.21 bits per heavy atom. The number of aromatic nitrogens is 2. The van der Waals surface area contributed by atoms with Crippen LogP contribution in [0.15, 0.2) is 33.4 Å². The lowest BCUT2D eigenvalue weighted by atomic mass is 10.3. The Kier molecular flexibility index (Phi) is 7.50. The van der Waals surface area contributed by atoms with Gasteiger partial charge in [0.2, 0.25) is 11.8 Å². The van der Waals surface area contributed by atoms with Crippen molar-refractivity contribution < 1.29 is 18.7 Å². The quantitative estimate of drug-likeness (QED) is 0.484. The third-order valence-electron chi connectivity index (χ3n) is 3.88. The molecular weight excluding hydrogens is 412 g/mol. The molecule has 1 amide bonds. The molecule has 0 spiro atoms. The van der Waals surface area contributed by atoms with Crippen LogP contribution in [0, 0.1) is 0 Å². The number of hydrogen-bond acceptors (Lipinski definition) is 9. The summed E-state index contributed by atoms with van der Waals surface area (Å²) in [6.07, 6.45) is 0.867. The van der Waals surface area contributed by atoms with Gasteiger partial charge in [-0.05, 0) is 42.8 Å². The van der Waals surface area contributed by atoms with E-state index in [-0.39, 0.29) is 19.1 Å². The summed E-state index contributed by atoms with van der Waals surface area (Å²) in [7, 11) is 0. The molecule has 10 heteroatoms. The molecule has 0 atom stereocenters. The molecule has 29 heavy (non-hydrogen) atoms. The standard InChI is InChI=1S/C19H22N4O4S2/c1-3-8-23(12-16-21-22-17(27-16)14-6-5-9-28-14)11-15(24)20-18-13(7-10-29-18)19(25)26-4-2/h5-7,9-10H,3-4,8,11-12H2,1-2H3,(H,20,24). The number of carbonyl (C=O) groups is 2. The SMILES string of the molecule is CCCN(CC(=O)Nc1sccc1C(=O)OCC)Cc1nnc(-c2cccs2)o1. The molecule has 0 radical (unpaired) electrons. The van der Waals surface area contributed by atoms with E-state index in [2.05, 4.69) is 15.5 Å². The summed E-state index contributed by atoms with van der Waals surface area (Å²) in [5.41, 5.74) is 0.365. The van der Waals surface area contributed by atoms with Crippen LogP contribution in [0.25, 0.3) is 10.8 Å². The lowest BCUT2D eigenvalue weighted by Crippen LogP contribution is -2.33. The van der Waals surface area contributed by atoms with Gasteiger partial charge in [-0.25, -0.2) is 4.79 Å². The third-order valence-corrected chi connectivity index (χ3v) is 5.57. The predicted molar refractivity (Wildman–Crippen MR) is 112 cm³/mol. The Balaban J connectivity index is 1.61. The number of esters is 1. The normalized spacial score (nSPS) is 11.0. The molecule has 0 aliphatic carbocycles. The van der Waals surface area contributed by atoms with Crippen LogP contribution >= 0.6 is 22.7 Å². The lowest BCUT2D eigenvalue weighted by Gasteiger charge is -2.19. The van der Waals surface area contributed by atoms with Gasteiger partial charge in [0.1, 0.15) is 5.00 Å². The first-order valence-electron chi connectivity index (χ1n) is 9.23. The molecule has 0 saturated heterocycles. The van der Waals surface area contributed by atoms with E-state index in [4.69, 9.17) is 9.15 Å². The topological polar surface area (TPSA) is 97.6 Å². The average molecular weight is 435 g/mol. The fraction of sp³-hybridized carbons (Fsp3) is 0.368. The van der Waals surface area contributed by atoms with Crippen LogP contribution in [0.1, 0.15) is 36.5 Å². The van der Waals surface area contributed by atoms with Crippen LogP contribution < -0.4 is 5.32 Å². The van der Waals surface area contributed by atoms with Crippen molar-refractivity contribution in [2.45, 2.75) is 26.8 Å². The van der Waals surface area contributed by atoms with E-state index in [1.807, 2.05) is 29.3 Å². The van der Waals surface area contributed by atoms with Crippen LogP contribution in [-0.2, 0) is 16.1 Å². The van der Waals surface area contributed by atoms with Gasteiger partial charge in [-0.1, -0.05) is 13.0 Å². The average Bonchev–Trinajstić information content (AvgIpc) is 3.43. The predicted octanol–water partition coefficient (Wildman–Crippen LogP) is 3.89. The molecule has 3 aromatic rings. The van der Waals surface area contributed by atoms with E-state index >= 15 is 0 Å². The van der Waals surface area contributed by atoms with Crippen molar-refractivity contribution in [1.29, 1.82) is 0 Å². The van der Waals surface area contributed by atoms with Gasteiger partial charge in [-0.3, -0.25) is 9.69 Å². The molecule has 8 nitrogen and oxygen atoms in total. The molecule has 3 heterocycles. The van der Waals surface area contributed by atoms with E-state index in [9.17, 15) is 9.59 Å². The van der Waals surface area contributed by atoms with Crippen molar-refractivity contribution in [2.24, 2.45) is 0 Å². The van der Waals surface area contributed by atoms with E-state index in [1.165, 1.54) is 22.7 Å². The van der Waals surface area contributed by atoms with Crippen molar-refractivity contribution >= 4 is 39.6 Å². The molecule has 0 aromatic carbocycles. The maximum atomic E-state index is 12.5. The summed E-state index contributed by atoms with van der Waals surface area (Å²) in [6.45, 7) is 5.27. The largest absolute Gasteiger partial charge is 0.462 e. The second-order valence-electron chi connectivity index (χ2n) is 6.12. The number of thiophene rings is 2. The smallest absolute Gasteiger partial charge is 0.341 e. The third kappa shape index (κ3) is 5.72. The fourth-order valence-corrected chi connectivity index (χ4v) is 4.12. The second kappa shape index (κ2) is 10.3. The van der Waals surface area contributed by atoms with E-state index in [1.54, 1.807) is 18.4 Å². The number of rotatable bonds is 10. The molecule has 3 aromatic heterocycles. The van der Waals surface area contributed by atoms with Crippen molar-refractivity contribution in [3.05, 3.63) is 40.4 Å². The van der Waals surface area contributed by atoms with Gasteiger partial charge in [-0.15, -0.1) is 32.9 Å². The first-order valence-corrected chi connectivity index (χ1v) is 11.0. The molecule has 1 N–H and O–H groups in total. The molecular formula is C19H22N4O4S2. The van der Waals surface area contributed by atoms with Crippen LogP contribution in [0.4, 0.5) is 5.00 Å². The van der Waals surface area contributed by atoms with Crippen molar-refractivity contribution in [1.82, 2.24) is 15.1 Å². The van der Waals surface area contributed by atoms with Crippen molar-refractivity contribution in [3.63, 3.8) is 0 Å². The van der Waals surface area contributed by atoms with Gasteiger partial charge in [-0.2, -0.15) is 0 Å². The first-order chi connectivity index (χ1) is 14.1. The number of nitrogens with zero attached hydrogens (tertiary/aromatic N) is 3. The number of ether oxygens (including phenoxy) is 1. The highest BCUT2D eigenvalue weighted by molar-refractivity contribution is 7.14. The summed E-state index contributed by atoms with van der Waals surface area (Å²) in [4.78, 5) is 27.4. The molecule has 3 rings (SSSR count). The zero-order chi connectivity index (χ0) is 20.6. The molecule has 0 aliphatic rings. The Hall–Kier alpha value is -2.56. The number of anilines is 1. The van der Waals surface area contributed by atoms with Crippen LogP contribution in [0.3, 0.4) is 0 Å². The van der Waals surface area contributed by atoms with Crippen LogP contribution in [0.2, 0.25) is 0 Å². The van der Waals surface area contributed by atoms with Gasteiger partial charge in [0.15, 0.2) is 0 Å². The minimum atomic E-state index is -0.443. The minimum absolute atomic E-state index is 0.144. The maximum Gasteiger partial charge on any atom is 0.341 e. The van der Waals surface area contributed by atoms with Gasteiger partial charge in [0.25, 0.3) is 5.89 Å². The summed E-state index contributed by atoms with van der Waals surface area (Å²) >= 11 is 2.81. The second-order valence-corrected chi connectivity index (χ2v) is 7.98. The highest BCUT2D eigenvalue weighted by atomic mass is 32.1. The van der Waals surface area contributed by atoms with Gasteiger partial charge in [0, 0.05) is 0 Å². The van der Waals surface area contributed by atoms with E-state index in [0.717, 1.165) is 11.3 Å². The molecule has 0 fully saturated rings. The fourth-order valence-electron chi connectivity index (χ4n) is 2.68. The van der Waals surface area contributed by atoms with E-state index in [0.29, 0.717) is 35.4 Å². The Morgan fingerprint density at radius 2 is 2.07 bits per heavy atom. The molecule has 0 bridgehead atoms. The Morgan fingerprint density at radius 3 is 2.79 bits per heavy atom. The van der Waals surface area contributed by atoms with Crippen LogP contribution in [-0.4, -0.2) is 46.7 Å². The lowest BCUT2D eigenvalue weighted by molar-refractivity contribution is -0.117. The maximum absolute atomic E-state index is 12.5. The Labute approximate surface area is 176 Å². The summed E-state index contributed by atoms with van der Waals surface area (Å²) < 4.78 is 10.7.